The molecule has 31 heavy (non-hydrogen) atoms. The lowest BCUT2D eigenvalue weighted by molar-refractivity contribution is -0.119. The van der Waals surface area contributed by atoms with Gasteiger partial charge < -0.3 is 5.32 Å². The summed E-state index contributed by atoms with van der Waals surface area (Å²) in [6, 6.07) is 20.8. The van der Waals surface area contributed by atoms with Crippen molar-refractivity contribution in [3.05, 3.63) is 83.4 Å². The van der Waals surface area contributed by atoms with Crippen molar-refractivity contribution in [2.24, 2.45) is 0 Å². The molecule has 160 valence electrons. The lowest BCUT2D eigenvalue weighted by Gasteiger charge is -2.33. The first-order chi connectivity index (χ1) is 14.8. The number of hydrogen-bond acceptors (Lipinski definition) is 3. The summed E-state index contributed by atoms with van der Waals surface area (Å²) in [5, 5.41) is 2.90. The zero-order valence-electron chi connectivity index (χ0n) is 17.9. The van der Waals surface area contributed by atoms with Gasteiger partial charge in [0.15, 0.2) is 0 Å². The molecule has 0 aliphatic carbocycles. The summed E-state index contributed by atoms with van der Waals surface area (Å²) in [6.45, 7) is 6.12. The van der Waals surface area contributed by atoms with Gasteiger partial charge in [-0.3, -0.25) is 9.10 Å². The van der Waals surface area contributed by atoms with Gasteiger partial charge in [0.25, 0.3) is 10.0 Å². The van der Waals surface area contributed by atoms with Crippen LogP contribution in [0.15, 0.2) is 71.6 Å². The van der Waals surface area contributed by atoms with Crippen LogP contribution in [-0.2, 0) is 14.8 Å². The van der Waals surface area contributed by atoms with Gasteiger partial charge in [-0.25, -0.2) is 8.42 Å². The number of fused-ring (bicyclic) bond motifs is 3. The zero-order chi connectivity index (χ0) is 22.2. The number of hydrogen-bond donors (Lipinski definition) is 1. The van der Waals surface area contributed by atoms with Gasteiger partial charge in [0.1, 0.15) is 6.54 Å². The number of benzene rings is 3. The van der Waals surface area contributed by atoms with Crippen LogP contribution in [0.2, 0.25) is 0 Å². The molecule has 0 fully saturated rings. The first-order valence-corrected chi connectivity index (χ1v) is 11.8. The molecule has 3 aromatic carbocycles. The Kier molecular flexibility index (Phi) is 5.58. The number of aryl methyl sites for hydroxylation is 2. The Morgan fingerprint density at radius 1 is 1.00 bits per heavy atom. The van der Waals surface area contributed by atoms with Gasteiger partial charge in [0.2, 0.25) is 5.91 Å². The van der Waals surface area contributed by atoms with E-state index in [0.29, 0.717) is 17.8 Å². The topological polar surface area (TPSA) is 66.5 Å². The van der Waals surface area contributed by atoms with Crippen molar-refractivity contribution in [1.82, 2.24) is 5.32 Å². The molecule has 1 atom stereocenters. The summed E-state index contributed by atoms with van der Waals surface area (Å²) in [4.78, 5) is 13.0. The van der Waals surface area contributed by atoms with E-state index in [-0.39, 0.29) is 23.3 Å². The van der Waals surface area contributed by atoms with E-state index in [1.165, 1.54) is 4.31 Å². The van der Waals surface area contributed by atoms with E-state index < -0.39 is 10.0 Å². The van der Waals surface area contributed by atoms with Crippen LogP contribution in [0.1, 0.15) is 29.5 Å². The third kappa shape index (κ3) is 3.95. The second-order valence-corrected chi connectivity index (χ2v) is 9.93. The van der Waals surface area contributed by atoms with Crippen LogP contribution in [0.25, 0.3) is 11.1 Å². The number of carbonyl (C=O) groups excluding carboxylic acids is 1. The average Bonchev–Trinajstić information content (AvgIpc) is 2.75. The number of nitrogens with zero attached hydrogens (tertiary/aromatic N) is 1. The standard InChI is InChI=1S/C25H26N2O3S/c1-17-13-18(2)25-21-11-7-8-12-23(21)31(29,30)27(22(25)14-17)16-24(28)26-15-19(3)20-9-5-4-6-10-20/h4-14,19H,15-16H2,1-3H3,(H,26,28)/t19-/m0/s1. The quantitative estimate of drug-likeness (QED) is 0.647. The number of nitrogens with one attached hydrogen (secondary N) is 1. The number of amides is 1. The van der Waals surface area contributed by atoms with E-state index in [0.717, 1.165) is 22.3 Å². The third-order valence-corrected chi connectivity index (χ3v) is 7.53. The molecule has 1 aliphatic rings. The Hall–Kier alpha value is -3.12. The third-order valence-electron chi connectivity index (χ3n) is 5.71. The van der Waals surface area contributed by atoms with E-state index in [2.05, 4.69) is 5.32 Å². The molecule has 0 saturated heterocycles. The van der Waals surface area contributed by atoms with Crippen molar-refractivity contribution in [3.8, 4) is 11.1 Å². The molecule has 0 bridgehead atoms. The number of sulfonamides is 1. The van der Waals surface area contributed by atoms with Gasteiger partial charge in [0.05, 0.1) is 10.6 Å². The SMILES string of the molecule is Cc1cc(C)c2c(c1)N(CC(=O)NC[C@H](C)c1ccccc1)S(=O)(=O)c1ccccc1-2. The number of carbonyl (C=O) groups is 1. The molecule has 0 spiro atoms. The van der Waals surface area contributed by atoms with Crippen molar-refractivity contribution in [1.29, 1.82) is 0 Å². The second-order valence-electron chi connectivity index (χ2n) is 8.10. The molecule has 1 N–H and O–H groups in total. The maximum atomic E-state index is 13.4. The van der Waals surface area contributed by atoms with Crippen molar-refractivity contribution in [3.63, 3.8) is 0 Å². The first-order valence-electron chi connectivity index (χ1n) is 10.3. The van der Waals surface area contributed by atoms with Crippen LogP contribution < -0.4 is 9.62 Å². The molecule has 6 heteroatoms. The van der Waals surface area contributed by atoms with Gasteiger partial charge in [-0.2, -0.15) is 0 Å². The normalized spacial score (nSPS) is 15.0. The Labute approximate surface area is 183 Å². The van der Waals surface area contributed by atoms with Crippen LogP contribution in [0, 0.1) is 13.8 Å². The molecule has 0 unspecified atom stereocenters. The van der Waals surface area contributed by atoms with E-state index in [4.69, 9.17) is 0 Å². The highest BCUT2D eigenvalue weighted by molar-refractivity contribution is 7.93. The van der Waals surface area contributed by atoms with Gasteiger partial charge in [-0.15, -0.1) is 0 Å². The van der Waals surface area contributed by atoms with Crippen LogP contribution >= 0.6 is 0 Å². The molecule has 3 aromatic rings. The van der Waals surface area contributed by atoms with Crippen molar-refractivity contribution < 1.29 is 13.2 Å². The molecular formula is C25H26N2O3S. The zero-order valence-corrected chi connectivity index (χ0v) is 18.7. The van der Waals surface area contributed by atoms with Crippen molar-refractivity contribution in [2.45, 2.75) is 31.6 Å². The molecule has 0 saturated carbocycles. The molecule has 4 rings (SSSR count). The molecule has 1 amide bonds. The molecule has 1 heterocycles. The Balaban J connectivity index is 1.63. The minimum atomic E-state index is -3.84. The van der Waals surface area contributed by atoms with Gasteiger partial charge >= 0.3 is 0 Å². The molecule has 0 radical (unpaired) electrons. The summed E-state index contributed by atoms with van der Waals surface area (Å²) in [5.41, 5.74) is 5.17. The maximum absolute atomic E-state index is 13.4. The van der Waals surface area contributed by atoms with Crippen LogP contribution in [0.4, 0.5) is 5.69 Å². The van der Waals surface area contributed by atoms with E-state index in [9.17, 15) is 13.2 Å². The highest BCUT2D eigenvalue weighted by Gasteiger charge is 2.36. The Morgan fingerprint density at radius 2 is 1.68 bits per heavy atom. The fraction of sp³-hybridized carbons (Fsp3) is 0.240. The minimum Gasteiger partial charge on any atom is -0.354 e. The molecule has 5 nitrogen and oxygen atoms in total. The number of rotatable bonds is 5. The van der Waals surface area contributed by atoms with Gasteiger partial charge in [-0.05, 0) is 48.6 Å². The Morgan fingerprint density at radius 3 is 2.42 bits per heavy atom. The van der Waals surface area contributed by atoms with Crippen LogP contribution in [0.3, 0.4) is 0 Å². The average molecular weight is 435 g/mol. The second kappa shape index (κ2) is 8.19. The minimum absolute atomic E-state index is 0.126. The molecule has 1 aliphatic heterocycles. The largest absolute Gasteiger partial charge is 0.354 e. The predicted octanol–water partition coefficient (Wildman–Crippen LogP) is 4.40. The molecule has 0 aromatic heterocycles. The van der Waals surface area contributed by atoms with Gasteiger partial charge in [-0.1, -0.05) is 61.5 Å². The molecular weight excluding hydrogens is 408 g/mol. The summed E-state index contributed by atoms with van der Waals surface area (Å²) in [5.74, 6) is -0.198. The lowest BCUT2D eigenvalue weighted by atomic mass is 9.96. The first kappa shape index (κ1) is 21.1. The smallest absolute Gasteiger partial charge is 0.265 e. The van der Waals surface area contributed by atoms with Crippen molar-refractivity contribution >= 4 is 21.6 Å². The summed E-state index contributed by atoms with van der Waals surface area (Å²) < 4.78 is 28.1. The fourth-order valence-corrected chi connectivity index (χ4v) is 5.79. The number of anilines is 1. The fourth-order valence-electron chi connectivity index (χ4n) is 4.16. The van der Waals surface area contributed by atoms with Crippen molar-refractivity contribution in [2.75, 3.05) is 17.4 Å². The summed E-state index contributed by atoms with van der Waals surface area (Å²) >= 11 is 0. The van der Waals surface area contributed by atoms with Gasteiger partial charge in [0, 0.05) is 17.7 Å². The van der Waals surface area contributed by atoms with Crippen LogP contribution in [0.5, 0.6) is 0 Å². The highest BCUT2D eigenvalue weighted by atomic mass is 32.2. The van der Waals surface area contributed by atoms with E-state index >= 15 is 0 Å². The van der Waals surface area contributed by atoms with Crippen LogP contribution in [-0.4, -0.2) is 27.4 Å². The predicted molar refractivity (Wildman–Crippen MR) is 124 cm³/mol. The Bertz CT molecular complexity index is 1240. The van der Waals surface area contributed by atoms with E-state index in [1.807, 2.05) is 75.4 Å². The summed E-state index contributed by atoms with van der Waals surface area (Å²) in [6.07, 6.45) is 0. The lowest BCUT2D eigenvalue weighted by Crippen LogP contribution is -2.43. The monoisotopic (exact) mass is 434 g/mol. The highest BCUT2D eigenvalue weighted by Crippen LogP contribution is 2.45. The maximum Gasteiger partial charge on any atom is 0.265 e. The van der Waals surface area contributed by atoms with E-state index in [1.54, 1.807) is 12.1 Å². The summed E-state index contributed by atoms with van der Waals surface area (Å²) in [7, 11) is -3.84.